The third-order valence-corrected chi connectivity index (χ3v) is 2.58. The molecule has 0 atom stereocenters. The van der Waals surface area contributed by atoms with Crippen LogP contribution in [0.4, 0.5) is 4.39 Å². The molecule has 1 aromatic carbocycles. The fourth-order valence-electron chi connectivity index (χ4n) is 1.52. The van der Waals surface area contributed by atoms with Crippen molar-refractivity contribution in [1.82, 2.24) is 10.6 Å². The van der Waals surface area contributed by atoms with E-state index in [4.69, 9.17) is 0 Å². The van der Waals surface area contributed by atoms with Gasteiger partial charge >= 0.3 is 0 Å². The summed E-state index contributed by atoms with van der Waals surface area (Å²) in [6.45, 7) is 7.57. The summed E-state index contributed by atoms with van der Waals surface area (Å²) in [5.74, 6) is 1.17. The maximum atomic E-state index is 13.1. The Hall–Kier alpha value is -0.850. The molecule has 19 heavy (non-hydrogen) atoms. The van der Waals surface area contributed by atoms with Crippen LogP contribution in [0.3, 0.4) is 0 Å². The normalized spacial score (nSPS) is 11.2. The van der Waals surface area contributed by atoms with Gasteiger partial charge in [-0.2, -0.15) is 0 Å². The zero-order valence-corrected chi connectivity index (χ0v) is 14.3. The van der Waals surface area contributed by atoms with Crippen LogP contribution in [0.15, 0.2) is 23.2 Å². The highest BCUT2D eigenvalue weighted by Gasteiger charge is 2.01. The molecule has 0 bridgehead atoms. The lowest BCUT2D eigenvalue weighted by molar-refractivity contribution is 0.612. The molecule has 5 heteroatoms. The topological polar surface area (TPSA) is 36.4 Å². The van der Waals surface area contributed by atoms with Gasteiger partial charge in [0.25, 0.3) is 0 Å². The first kappa shape index (κ1) is 18.1. The molecule has 1 rings (SSSR count). The molecule has 0 aliphatic carbocycles. The number of hydrogen-bond acceptors (Lipinski definition) is 1. The van der Waals surface area contributed by atoms with Crippen LogP contribution in [0.25, 0.3) is 0 Å². The highest BCUT2D eigenvalue weighted by atomic mass is 127. The van der Waals surface area contributed by atoms with E-state index in [0.29, 0.717) is 18.0 Å². The Balaban J connectivity index is 0.00000324. The van der Waals surface area contributed by atoms with E-state index in [0.717, 1.165) is 18.1 Å². The van der Waals surface area contributed by atoms with Gasteiger partial charge in [-0.1, -0.05) is 26.0 Å². The van der Waals surface area contributed by atoms with Gasteiger partial charge in [-0.05, 0) is 30.0 Å². The van der Waals surface area contributed by atoms with Gasteiger partial charge in [-0.15, -0.1) is 24.0 Å². The van der Waals surface area contributed by atoms with Gasteiger partial charge in [0.1, 0.15) is 5.82 Å². The molecule has 0 fully saturated rings. The zero-order valence-electron chi connectivity index (χ0n) is 12.0. The largest absolute Gasteiger partial charge is 0.356 e. The van der Waals surface area contributed by atoms with Gasteiger partial charge in [0, 0.05) is 20.1 Å². The van der Waals surface area contributed by atoms with E-state index in [-0.39, 0.29) is 29.8 Å². The van der Waals surface area contributed by atoms with Crippen LogP contribution in [0.2, 0.25) is 0 Å². The lowest BCUT2D eigenvalue weighted by Gasteiger charge is -2.13. The minimum atomic E-state index is -0.166. The summed E-state index contributed by atoms with van der Waals surface area (Å²) in [5, 5.41) is 6.43. The number of nitrogens with one attached hydrogen (secondary N) is 2. The quantitative estimate of drug-likeness (QED) is 0.479. The van der Waals surface area contributed by atoms with Crippen LogP contribution in [0, 0.1) is 18.7 Å². The van der Waals surface area contributed by atoms with Gasteiger partial charge in [-0.3, -0.25) is 4.99 Å². The van der Waals surface area contributed by atoms with Crippen LogP contribution >= 0.6 is 24.0 Å². The number of nitrogens with zero attached hydrogens (tertiary/aromatic N) is 1. The Labute approximate surface area is 132 Å². The maximum absolute atomic E-state index is 13.1. The van der Waals surface area contributed by atoms with Crippen molar-refractivity contribution in [3.05, 3.63) is 35.1 Å². The smallest absolute Gasteiger partial charge is 0.191 e. The van der Waals surface area contributed by atoms with Gasteiger partial charge in [0.2, 0.25) is 0 Å². The average Bonchev–Trinajstić information content (AvgIpc) is 2.33. The Morgan fingerprint density at radius 1 is 1.32 bits per heavy atom. The Bertz CT molecular complexity index is 419. The van der Waals surface area contributed by atoms with Gasteiger partial charge < -0.3 is 10.6 Å². The van der Waals surface area contributed by atoms with Crippen LogP contribution in [-0.4, -0.2) is 19.6 Å². The molecule has 2 N–H and O–H groups in total. The SMILES string of the molecule is CN=C(NCc1ccc(F)c(C)c1)NCC(C)C.I. The number of hydrogen-bond donors (Lipinski definition) is 2. The molecular formula is C14H23FIN3. The van der Waals surface area contributed by atoms with Gasteiger partial charge in [0.05, 0.1) is 0 Å². The Morgan fingerprint density at radius 3 is 2.53 bits per heavy atom. The van der Waals surface area contributed by atoms with Crippen molar-refractivity contribution in [2.24, 2.45) is 10.9 Å². The standard InChI is InChI=1S/C14H22FN3.HI/c1-10(2)8-17-14(16-4)18-9-12-5-6-13(15)11(3)7-12;/h5-7,10H,8-9H2,1-4H3,(H2,16,17,18);1H. The first-order valence-electron chi connectivity index (χ1n) is 6.22. The van der Waals surface area contributed by atoms with E-state index in [1.54, 1.807) is 20.0 Å². The van der Waals surface area contributed by atoms with Crippen LogP contribution < -0.4 is 10.6 Å². The van der Waals surface area contributed by atoms with Crippen molar-refractivity contribution in [2.75, 3.05) is 13.6 Å². The van der Waals surface area contributed by atoms with Crippen LogP contribution in [-0.2, 0) is 6.54 Å². The molecule has 0 spiro atoms. The van der Waals surface area contributed by atoms with Crippen molar-refractivity contribution in [3.63, 3.8) is 0 Å². The van der Waals surface area contributed by atoms with Gasteiger partial charge in [0.15, 0.2) is 5.96 Å². The molecule has 0 aliphatic heterocycles. The molecular weight excluding hydrogens is 356 g/mol. The Kier molecular flexibility index (Phi) is 8.71. The summed E-state index contributed by atoms with van der Waals surface area (Å²) in [6.07, 6.45) is 0. The van der Waals surface area contributed by atoms with Crippen molar-refractivity contribution in [2.45, 2.75) is 27.3 Å². The lowest BCUT2D eigenvalue weighted by atomic mass is 10.1. The summed E-state index contributed by atoms with van der Waals surface area (Å²) in [7, 11) is 1.74. The fraction of sp³-hybridized carbons (Fsp3) is 0.500. The number of benzene rings is 1. The molecule has 3 nitrogen and oxygen atoms in total. The van der Waals surface area contributed by atoms with E-state index in [9.17, 15) is 4.39 Å². The van der Waals surface area contributed by atoms with E-state index >= 15 is 0 Å². The summed E-state index contributed by atoms with van der Waals surface area (Å²) in [4.78, 5) is 4.14. The summed E-state index contributed by atoms with van der Waals surface area (Å²) in [5.41, 5.74) is 1.71. The van der Waals surface area contributed by atoms with Crippen molar-refractivity contribution in [3.8, 4) is 0 Å². The number of guanidine groups is 1. The van der Waals surface area contributed by atoms with Crippen molar-refractivity contribution in [1.29, 1.82) is 0 Å². The molecule has 0 aliphatic rings. The third kappa shape index (κ3) is 6.75. The minimum absolute atomic E-state index is 0. The monoisotopic (exact) mass is 379 g/mol. The highest BCUT2D eigenvalue weighted by Crippen LogP contribution is 2.08. The summed E-state index contributed by atoms with van der Waals surface area (Å²) in [6, 6.07) is 5.12. The van der Waals surface area contributed by atoms with Gasteiger partial charge in [-0.25, -0.2) is 4.39 Å². The molecule has 1 aromatic rings. The van der Waals surface area contributed by atoms with E-state index in [1.807, 2.05) is 6.07 Å². The molecule has 108 valence electrons. The van der Waals surface area contributed by atoms with Crippen LogP contribution in [0.1, 0.15) is 25.0 Å². The summed E-state index contributed by atoms with van der Waals surface area (Å²) >= 11 is 0. The molecule has 0 saturated heterocycles. The Morgan fingerprint density at radius 2 is 2.00 bits per heavy atom. The average molecular weight is 379 g/mol. The second kappa shape index (κ2) is 9.12. The van der Waals surface area contributed by atoms with Crippen molar-refractivity contribution < 1.29 is 4.39 Å². The number of rotatable bonds is 4. The molecule has 0 aromatic heterocycles. The number of halogens is 2. The van der Waals surface area contributed by atoms with E-state index < -0.39 is 0 Å². The highest BCUT2D eigenvalue weighted by molar-refractivity contribution is 14.0. The van der Waals surface area contributed by atoms with E-state index in [1.165, 1.54) is 6.07 Å². The summed E-state index contributed by atoms with van der Waals surface area (Å²) < 4.78 is 13.1. The molecule has 0 heterocycles. The maximum Gasteiger partial charge on any atom is 0.191 e. The fourth-order valence-corrected chi connectivity index (χ4v) is 1.52. The lowest BCUT2D eigenvalue weighted by Crippen LogP contribution is -2.38. The third-order valence-electron chi connectivity index (χ3n) is 2.58. The van der Waals surface area contributed by atoms with Crippen molar-refractivity contribution >= 4 is 29.9 Å². The van der Waals surface area contributed by atoms with Crippen LogP contribution in [0.5, 0.6) is 0 Å². The molecule has 0 saturated carbocycles. The second-order valence-electron chi connectivity index (χ2n) is 4.78. The zero-order chi connectivity index (χ0) is 13.5. The molecule has 0 amide bonds. The predicted molar refractivity (Wildman–Crippen MR) is 89.6 cm³/mol. The number of aryl methyl sites for hydroxylation is 1. The second-order valence-corrected chi connectivity index (χ2v) is 4.78. The molecule has 0 unspecified atom stereocenters. The molecule has 0 radical (unpaired) electrons. The minimum Gasteiger partial charge on any atom is -0.356 e. The number of aliphatic imine (C=N–C) groups is 1. The predicted octanol–water partition coefficient (Wildman–Crippen LogP) is 3.07. The van der Waals surface area contributed by atoms with E-state index in [2.05, 4.69) is 29.5 Å². The first-order chi connectivity index (χ1) is 8.52. The first-order valence-corrected chi connectivity index (χ1v) is 6.22.